The van der Waals surface area contributed by atoms with E-state index in [-0.39, 0.29) is 5.82 Å². The van der Waals surface area contributed by atoms with Gasteiger partial charge >= 0.3 is 0 Å². The van der Waals surface area contributed by atoms with Crippen molar-refractivity contribution in [2.75, 3.05) is 17.6 Å². The fraction of sp³-hybridized carbons (Fsp3) is 0.182. The third-order valence-electron chi connectivity index (χ3n) is 2.29. The van der Waals surface area contributed by atoms with Crippen LogP contribution in [0.4, 0.5) is 15.8 Å². The number of nitrogens with two attached hydrogens (primary N) is 1. The Kier molecular flexibility index (Phi) is 2.96. The molecule has 0 aliphatic carbocycles. The summed E-state index contributed by atoms with van der Waals surface area (Å²) in [6.45, 7) is 2.72. The molecule has 0 atom stereocenters. The van der Waals surface area contributed by atoms with Crippen LogP contribution >= 0.6 is 15.9 Å². The van der Waals surface area contributed by atoms with Crippen LogP contribution in [0, 0.1) is 5.82 Å². The maximum atomic E-state index is 13.3. The number of aromatic nitrogens is 1. The quantitative estimate of drug-likeness (QED) is 0.890. The van der Waals surface area contributed by atoms with Gasteiger partial charge in [0.2, 0.25) is 0 Å². The van der Waals surface area contributed by atoms with Gasteiger partial charge in [-0.3, -0.25) is 4.98 Å². The van der Waals surface area contributed by atoms with Crippen LogP contribution in [0.15, 0.2) is 22.8 Å². The Hall–Kier alpha value is -1.36. The molecular formula is C11H11BrFN3. The SMILES string of the molecule is CCNc1c(N)cnc2cc(F)c(Br)cc12. The summed E-state index contributed by atoms with van der Waals surface area (Å²) in [6, 6.07) is 3.08. The lowest BCUT2D eigenvalue weighted by Crippen LogP contribution is -2.02. The number of nitrogens with zero attached hydrogens (tertiary/aromatic N) is 1. The molecule has 0 saturated carbocycles. The molecule has 1 heterocycles. The first-order valence-corrected chi connectivity index (χ1v) is 5.70. The van der Waals surface area contributed by atoms with E-state index in [1.54, 1.807) is 6.07 Å². The number of anilines is 2. The zero-order valence-electron chi connectivity index (χ0n) is 8.72. The fourth-order valence-electron chi connectivity index (χ4n) is 1.58. The predicted octanol–water partition coefficient (Wildman–Crippen LogP) is 3.15. The average molecular weight is 284 g/mol. The summed E-state index contributed by atoms with van der Waals surface area (Å²) in [5.41, 5.74) is 7.78. The van der Waals surface area contributed by atoms with E-state index in [0.29, 0.717) is 15.7 Å². The van der Waals surface area contributed by atoms with Crippen molar-refractivity contribution in [1.82, 2.24) is 4.98 Å². The van der Waals surface area contributed by atoms with Crippen LogP contribution in [-0.4, -0.2) is 11.5 Å². The Morgan fingerprint density at radius 1 is 1.50 bits per heavy atom. The third kappa shape index (κ3) is 1.82. The number of pyridine rings is 1. The van der Waals surface area contributed by atoms with E-state index in [1.165, 1.54) is 12.3 Å². The molecule has 3 nitrogen and oxygen atoms in total. The van der Waals surface area contributed by atoms with Gasteiger partial charge in [0.25, 0.3) is 0 Å². The molecule has 0 unspecified atom stereocenters. The van der Waals surface area contributed by atoms with Crippen LogP contribution in [0.5, 0.6) is 0 Å². The van der Waals surface area contributed by atoms with Crippen molar-refractivity contribution in [1.29, 1.82) is 0 Å². The number of rotatable bonds is 2. The summed E-state index contributed by atoms with van der Waals surface area (Å²) in [7, 11) is 0. The number of benzene rings is 1. The van der Waals surface area contributed by atoms with E-state index in [9.17, 15) is 4.39 Å². The number of halogens is 2. The van der Waals surface area contributed by atoms with Crippen LogP contribution in [0.2, 0.25) is 0 Å². The first kappa shape index (κ1) is 11.1. The summed E-state index contributed by atoms with van der Waals surface area (Å²) in [5, 5.41) is 3.97. The second kappa shape index (κ2) is 4.25. The zero-order chi connectivity index (χ0) is 11.7. The Labute approximate surface area is 101 Å². The molecule has 3 N–H and O–H groups in total. The first-order valence-electron chi connectivity index (χ1n) is 4.90. The molecular weight excluding hydrogens is 273 g/mol. The van der Waals surface area contributed by atoms with E-state index in [1.807, 2.05) is 6.92 Å². The minimum Gasteiger partial charge on any atom is -0.396 e. The normalized spacial score (nSPS) is 10.7. The molecule has 0 bridgehead atoms. The number of fused-ring (bicyclic) bond motifs is 1. The van der Waals surface area contributed by atoms with E-state index in [2.05, 4.69) is 26.2 Å². The molecule has 0 spiro atoms. The van der Waals surface area contributed by atoms with Crippen LogP contribution in [0.25, 0.3) is 10.9 Å². The topological polar surface area (TPSA) is 50.9 Å². The predicted molar refractivity (Wildman–Crippen MR) is 68.0 cm³/mol. The summed E-state index contributed by atoms with van der Waals surface area (Å²) in [6.07, 6.45) is 1.54. The Bertz CT molecular complexity index is 542. The molecule has 1 aromatic carbocycles. The fourth-order valence-corrected chi connectivity index (χ4v) is 1.92. The molecule has 0 fully saturated rings. The number of nitrogens with one attached hydrogen (secondary N) is 1. The van der Waals surface area contributed by atoms with Crippen LogP contribution in [0.1, 0.15) is 6.92 Å². The molecule has 1 aromatic heterocycles. The van der Waals surface area contributed by atoms with E-state index < -0.39 is 0 Å². The van der Waals surface area contributed by atoms with Crippen LogP contribution < -0.4 is 11.1 Å². The van der Waals surface area contributed by atoms with Crippen molar-refractivity contribution in [3.63, 3.8) is 0 Å². The minimum atomic E-state index is -0.327. The molecule has 84 valence electrons. The van der Waals surface area contributed by atoms with Gasteiger partial charge in [-0.15, -0.1) is 0 Å². The Morgan fingerprint density at radius 2 is 2.25 bits per heavy atom. The standard InChI is InChI=1S/C11H11BrFN3/c1-2-15-11-6-3-7(12)8(13)4-10(6)16-5-9(11)14/h3-5H,2,14H2,1H3,(H,15,16). The Morgan fingerprint density at radius 3 is 2.94 bits per heavy atom. The number of hydrogen-bond donors (Lipinski definition) is 2. The van der Waals surface area contributed by atoms with Crippen LogP contribution in [0.3, 0.4) is 0 Å². The zero-order valence-corrected chi connectivity index (χ0v) is 10.3. The van der Waals surface area contributed by atoms with Crippen molar-refractivity contribution >= 4 is 38.2 Å². The van der Waals surface area contributed by atoms with Gasteiger partial charge in [0.1, 0.15) is 5.82 Å². The molecule has 0 radical (unpaired) electrons. The van der Waals surface area contributed by atoms with Gasteiger partial charge in [0.05, 0.1) is 27.6 Å². The largest absolute Gasteiger partial charge is 0.396 e. The molecule has 16 heavy (non-hydrogen) atoms. The highest BCUT2D eigenvalue weighted by Crippen LogP contribution is 2.31. The lowest BCUT2D eigenvalue weighted by molar-refractivity contribution is 0.623. The molecule has 0 saturated heterocycles. The highest BCUT2D eigenvalue weighted by atomic mass is 79.9. The van der Waals surface area contributed by atoms with Crippen LogP contribution in [-0.2, 0) is 0 Å². The van der Waals surface area contributed by atoms with Gasteiger partial charge in [-0.2, -0.15) is 0 Å². The first-order chi connectivity index (χ1) is 7.63. The maximum absolute atomic E-state index is 13.3. The monoisotopic (exact) mass is 283 g/mol. The van der Waals surface area contributed by atoms with E-state index in [4.69, 9.17) is 5.73 Å². The molecule has 5 heteroatoms. The van der Waals surface area contributed by atoms with Crippen molar-refractivity contribution < 1.29 is 4.39 Å². The Balaban J connectivity index is 2.76. The van der Waals surface area contributed by atoms with Gasteiger partial charge in [-0.05, 0) is 28.9 Å². The minimum absolute atomic E-state index is 0.327. The molecule has 0 aliphatic heterocycles. The number of hydrogen-bond acceptors (Lipinski definition) is 3. The summed E-state index contributed by atoms with van der Waals surface area (Å²) in [5.74, 6) is -0.327. The van der Waals surface area contributed by atoms with Crippen molar-refractivity contribution in [3.05, 3.63) is 28.6 Å². The van der Waals surface area contributed by atoms with Crippen molar-refractivity contribution in [2.24, 2.45) is 0 Å². The van der Waals surface area contributed by atoms with Gasteiger partial charge in [0.15, 0.2) is 0 Å². The van der Waals surface area contributed by atoms with Gasteiger partial charge in [-0.25, -0.2) is 4.39 Å². The lowest BCUT2D eigenvalue weighted by atomic mass is 10.1. The van der Waals surface area contributed by atoms with E-state index in [0.717, 1.165) is 17.6 Å². The molecule has 2 aromatic rings. The molecule has 2 rings (SSSR count). The summed E-state index contributed by atoms with van der Waals surface area (Å²) in [4.78, 5) is 4.10. The van der Waals surface area contributed by atoms with Gasteiger partial charge in [-0.1, -0.05) is 0 Å². The summed E-state index contributed by atoms with van der Waals surface area (Å²) >= 11 is 3.15. The smallest absolute Gasteiger partial charge is 0.139 e. The maximum Gasteiger partial charge on any atom is 0.139 e. The van der Waals surface area contributed by atoms with Crippen molar-refractivity contribution in [3.8, 4) is 0 Å². The highest BCUT2D eigenvalue weighted by molar-refractivity contribution is 9.10. The van der Waals surface area contributed by atoms with Crippen molar-refractivity contribution in [2.45, 2.75) is 6.92 Å². The average Bonchev–Trinajstić information content (AvgIpc) is 2.25. The second-order valence-corrected chi connectivity index (χ2v) is 4.26. The molecule has 0 amide bonds. The summed E-state index contributed by atoms with van der Waals surface area (Å²) < 4.78 is 13.7. The third-order valence-corrected chi connectivity index (χ3v) is 2.90. The van der Waals surface area contributed by atoms with E-state index >= 15 is 0 Å². The highest BCUT2D eigenvalue weighted by Gasteiger charge is 2.09. The van der Waals surface area contributed by atoms with Gasteiger partial charge in [0, 0.05) is 18.0 Å². The molecule has 0 aliphatic rings. The second-order valence-electron chi connectivity index (χ2n) is 3.40. The number of nitrogen functional groups attached to an aromatic ring is 1. The van der Waals surface area contributed by atoms with Gasteiger partial charge < -0.3 is 11.1 Å². The lowest BCUT2D eigenvalue weighted by Gasteiger charge is -2.11.